The van der Waals surface area contributed by atoms with Crippen LogP contribution < -0.4 is 0 Å². The molecule has 46 valence electrons. The first kappa shape index (κ1) is 10.3. The van der Waals surface area contributed by atoms with Crippen LogP contribution in [0.25, 0.3) is 0 Å². The summed E-state index contributed by atoms with van der Waals surface area (Å²) in [5.41, 5.74) is 0. The van der Waals surface area contributed by atoms with Gasteiger partial charge in [-0.3, -0.25) is 0 Å². The Morgan fingerprint density at radius 1 is 2.00 bits per heavy atom. The Morgan fingerprint density at radius 2 is 2.12 bits per heavy atom. The lowest BCUT2D eigenvalue weighted by molar-refractivity contribution is 0.436. The van der Waals surface area contributed by atoms with Crippen molar-refractivity contribution in [1.29, 1.82) is 5.26 Å². The molecule has 0 aromatic heterocycles. The normalized spacial score (nSPS) is 9.62. The summed E-state index contributed by atoms with van der Waals surface area (Å²) in [4.78, 5) is 0. The zero-order valence-corrected chi connectivity index (χ0v) is 4.72. The Kier molecular flexibility index (Phi) is 12.3. The van der Waals surface area contributed by atoms with Crippen molar-refractivity contribution in [2.45, 2.75) is 0 Å². The van der Waals surface area contributed by atoms with Crippen molar-refractivity contribution < 1.29 is 13.3 Å². The molecule has 0 aliphatic heterocycles. The number of rotatable bonds is 0. The molecule has 1 N–H and O–H groups in total. The molecule has 0 aliphatic rings. The summed E-state index contributed by atoms with van der Waals surface area (Å²) in [6.45, 7) is 3.12. The fourth-order valence-electron chi connectivity index (χ4n) is 0. The maximum absolute atomic E-state index is 8.56. The van der Waals surface area contributed by atoms with Crippen molar-refractivity contribution in [1.82, 2.24) is 0 Å². The van der Waals surface area contributed by atoms with E-state index >= 15 is 0 Å². The summed E-state index contributed by atoms with van der Waals surface area (Å²) in [5, 5.41) is 7.51. The van der Waals surface area contributed by atoms with E-state index in [1.165, 1.54) is 6.08 Å². The lowest BCUT2D eigenvalue weighted by Crippen LogP contribution is -1.75. The van der Waals surface area contributed by atoms with Crippen molar-refractivity contribution >= 4 is 11.4 Å². The SMILES string of the molecule is C=CC#N.O=S([O-])O. The fourth-order valence-corrected chi connectivity index (χ4v) is 0. The third kappa shape index (κ3) is 1090. The second-order valence-corrected chi connectivity index (χ2v) is 0.985. The van der Waals surface area contributed by atoms with Crippen molar-refractivity contribution in [3.63, 3.8) is 0 Å². The molecule has 0 rings (SSSR count). The second-order valence-electron chi connectivity index (χ2n) is 0.550. The van der Waals surface area contributed by atoms with E-state index in [0.29, 0.717) is 0 Å². The van der Waals surface area contributed by atoms with Crippen LogP contribution in [-0.4, -0.2) is 13.3 Å². The summed E-state index contributed by atoms with van der Waals surface area (Å²) in [6.07, 6.45) is 1.18. The van der Waals surface area contributed by atoms with Crippen LogP contribution in [0.5, 0.6) is 0 Å². The van der Waals surface area contributed by atoms with E-state index in [4.69, 9.17) is 18.6 Å². The molecule has 0 radical (unpaired) electrons. The van der Waals surface area contributed by atoms with Crippen LogP contribution in [0, 0.1) is 11.3 Å². The van der Waals surface area contributed by atoms with Gasteiger partial charge in [-0.05, 0) is 0 Å². The van der Waals surface area contributed by atoms with Crippen molar-refractivity contribution in [2.75, 3.05) is 0 Å². The minimum Gasteiger partial charge on any atom is -0.750 e. The zero-order chi connectivity index (χ0) is 6.99. The third-order valence-electron chi connectivity index (χ3n) is 0.0913. The molecule has 0 aliphatic carbocycles. The van der Waals surface area contributed by atoms with Gasteiger partial charge in [-0.15, -0.1) is 0 Å². The second kappa shape index (κ2) is 9.57. The first-order valence-electron chi connectivity index (χ1n) is 1.44. The van der Waals surface area contributed by atoms with Crippen LogP contribution >= 0.6 is 0 Å². The minimum atomic E-state index is -2.86. The Hall–Kier alpha value is -0.700. The molecule has 0 amide bonds. The molecule has 0 fully saturated rings. The molecule has 5 heteroatoms. The Bertz CT molecular complexity index is 112. The first-order valence-corrected chi connectivity index (χ1v) is 2.47. The summed E-state index contributed by atoms with van der Waals surface area (Å²) in [5.74, 6) is 0. The van der Waals surface area contributed by atoms with Crippen LogP contribution in [-0.2, 0) is 11.4 Å². The number of hydrogen-bond acceptors (Lipinski definition) is 3. The summed E-state index contributed by atoms with van der Waals surface area (Å²) >= 11 is -2.86. The number of nitriles is 1. The maximum atomic E-state index is 8.56. The fraction of sp³-hybridized carbons (Fsp3) is 0. The number of nitrogens with zero attached hydrogens (tertiary/aromatic N) is 1. The molecule has 0 bridgehead atoms. The standard InChI is InChI=1S/C3H3N.H2O3S/c1-2-3-4;1-4(2)3/h2H,1H2;(H2,1,2,3)/p-1. The van der Waals surface area contributed by atoms with Gasteiger partial charge in [0.05, 0.1) is 17.4 Å². The highest BCUT2D eigenvalue weighted by Gasteiger charge is 1.42. The highest BCUT2D eigenvalue weighted by Crippen LogP contribution is 1.43. The van der Waals surface area contributed by atoms with E-state index in [9.17, 15) is 0 Å². The Morgan fingerprint density at radius 3 is 2.12 bits per heavy atom. The smallest absolute Gasteiger partial charge is 0.0905 e. The van der Waals surface area contributed by atoms with E-state index in [1.54, 1.807) is 6.07 Å². The molecule has 0 saturated carbocycles. The lowest BCUT2D eigenvalue weighted by atomic mass is 10.8. The van der Waals surface area contributed by atoms with E-state index in [-0.39, 0.29) is 0 Å². The van der Waals surface area contributed by atoms with Crippen molar-refractivity contribution in [3.05, 3.63) is 12.7 Å². The van der Waals surface area contributed by atoms with Gasteiger partial charge < -0.3 is 9.11 Å². The largest absolute Gasteiger partial charge is 0.750 e. The maximum Gasteiger partial charge on any atom is 0.0905 e. The highest BCUT2D eigenvalue weighted by molar-refractivity contribution is 7.73. The number of hydrogen-bond donors (Lipinski definition) is 1. The molecule has 1 unspecified atom stereocenters. The summed E-state index contributed by atoms with van der Waals surface area (Å²) in [6, 6.07) is 1.69. The monoisotopic (exact) mass is 134 g/mol. The number of allylic oxidation sites excluding steroid dienone is 1. The van der Waals surface area contributed by atoms with Gasteiger partial charge in [0.15, 0.2) is 0 Å². The van der Waals surface area contributed by atoms with Gasteiger partial charge in [0.25, 0.3) is 0 Å². The van der Waals surface area contributed by atoms with E-state index in [1.807, 2.05) is 0 Å². The predicted octanol–water partition coefficient (Wildman–Crippen LogP) is 0.0345. The molecule has 8 heavy (non-hydrogen) atoms. The van der Waals surface area contributed by atoms with Crippen molar-refractivity contribution in [3.8, 4) is 6.07 Å². The van der Waals surface area contributed by atoms with Gasteiger partial charge in [-0.2, -0.15) is 5.26 Å². The molecule has 0 saturated heterocycles. The lowest BCUT2D eigenvalue weighted by Gasteiger charge is -1.83. The average molecular weight is 134 g/mol. The molecule has 4 nitrogen and oxygen atoms in total. The van der Waals surface area contributed by atoms with Crippen LogP contribution in [0.2, 0.25) is 0 Å². The van der Waals surface area contributed by atoms with Crippen LogP contribution in [0.3, 0.4) is 0 Å². The summed E-state index contributed by atoms with van der Waals surface area (Å²) < 4.78 is 24.1. The Labute approximate surface area is 49.6 Å². The van der Waals surface area contributed by atoms with Gasteiger partial charge in [-0.1, -0.05) is 6.58 Å². The predicted molar refractivity (Wildman–Crippen MR) is 27.4 cm³/mol. The van der Waals surface area contributed by atoms with Gasteiger partial charge in [0.2, 0.25) is 0 Å². The van der Waals surface area contributed by atoms with E-state index < -0.39 is 11.4 Å². The topological polar surface area (TPSA) is 84.2 Å². The summed E-state index contributed by atoms with van der Waals surface area (Å²) in [7, 11) is 0. The van der Waals surface area contributed by atoms with Crippen LogP contribution in [0.1, 0.15) is 0 Å². The molecule has 0 aromatic carbocycles. The van der Waals surface area contributed by atoms with E-state index in [2.05, 4.69) is 6.58 Å². The van der Waals surface area contributed by atoms with Crippen LogP contribution in [0.15, 0.2) is 12.7 Å². The first-order chi connectivity index (χ1) is 3.65. The molecular weight excluding hydrogens is 130 g/mol. The van der Waals surface area contributed by atoms with Gasteiger partial charge in [0.1, 0.15) is 0 Å². The quantitative estimate of drug-likeness (QED) is 0.374. The Balaban J connectivity index is 0. The molecule has 1 atom stereocenters. The van der Waals surface area contributed by atoms with E-state index in [0.717, 1.165) is 0 Å². The molecule has 0 spiro atoms. The van der Waals surface area contributed by atoms with Gasteiger partial charge in [0, 0.05) is 6.08 Å². The van der Waals surface area contributed by atoms with Gasteiger partial charge >= 0.3 is 0 Å². The van der Waals surface area contributed by atoms with Crippen molar-refractivity contribution in [2.24, 2.45) is 0 Å². The molecule has 0 aromatic rings. The average Bonchev–Trinajstić information content (AvgIpc) is 1.65. The molecular formula is C3H4NO3S-. The zero-order valence-electron chi connectivity index (χ0n) is 3.90. The van der Waals surface area contributed by atoms with Crippen LogP contribution in [0.4, 0.5) is 0 Å². The highest BCUT2D eigenvalue weighted by atomic mass is 32.2. The molecule has 0 heterocycles. The minimum absolute atomic E-state index is 1.18. The third-order valence-corrected chi connectivity index (χ3v) is 0.0913. The van der Waals surface area contributed by atoms with Gasteiger partial charge in [-0.25, -0.2) is 4.21 Å².